The molecule has 1 heterocycles. The third-order valence-corrected chi connectivity index (χ3v) is 5.52. The third kappa shape index (κ3) is 3.09. The Morgan fingerprint density at radius 3 is 2.58 bits per heavy atom. The number of hydrogen-bond acceptors (Lipinski definition) is 4. The highest BCUT2D eigenvalue weighted by molar-refractivity contribution is 7.89. The van der Waals surface area contributed by atoms with E-state index in [1.807, 2.05) is 0 Å². The Morgan fingerprint density at radius 1 is 1.42 bits per heavy atom. The maximum Gasteiger partial charge on any atom is 0.246 e. The van der Waals surface area contributed by atoms with E-state index in [0.717, 1.165) is 6.42 Å². The molecule has 1 aromatic heterocycles. The summed E-state index contributed by atoms with van der Waals surface area (Å²) in [5.74, 6) is 0.725. The van der Waals surface area contributed by atoms with Crippen LogP contribution in [-0.4, -0.2) is 24.7 Å². The van der Waals surface area contributed by atoms with Crippen LogP contribution in [0.15, 0.2) is 4.90 Å². The molecular weight excluding hydrogens is 264 g/mol. The third-order valence-electron chi connectivity index (χ3n) is 3.89. The summed E-state index contributed by atoms with van der Waals surface area (Å²) >= 11 is 0. The van der Waals surface area contributed by atoms with Gasteiger partial charge in [0, 0.05) is 13.6 Å². The molecule has 6 nitrogen and oxygen atoms in total. The minimum atomic E-state index is -3.55. The number of aromatic nitrogens is 2. The molecule has 0 bridgehead atoms. The summed E-state index contributed by atoms with van der Waals surface area (Å²) < 4.78 is 28.6. The normalized spacial score (nSPS) is 17.2. The van der Waals surface area contributed by atoms with Gasteiger partial charge in [-0.05, 0) is 19.3 Å². The predicted molar refractivity (Wildman–Crippen MR) is 74.1 cm³/mol. The molecule has 2 rings (SSSR count). The average Bonchev–Trinajstić information content (AvgIpc) is 2.88. The van der Waals surface area contributed by atoms with E-state index in [2.05, 4.69) is 9.82 Å². The average molecular weight is 286 g/mol. The number of nitrogens with one attached hydrogen (secondary N) is 1. The van der Waals surface area contributed by atoms with Crippen LogP contribution in [0.5, 0.6) is 0 Å². The Bertz CT molecular complexity index is 544. The fourth-order valence-corrected chi connectivity index (χ4v) is 4.08. The van der Waals surface area contributed by atoms with Crippen LogP contribution in [0.25, 0.3) is 0 Å². The maximum atomic E-state index is 12.2. The largest absolute Gasteiger partial charge is 0.381 e. The second-order valence-electron chi connectivity index (χ2n) is 5.26. The maximum absolute atomic E-state index is 12.2. The first-order valence-corrected chi connectivity index (χ1v) is 8.19. The Kier molecular flexibility index (Phi) is 4.15. The summed E-state index contributed by atoms with van der Waals surface area (Å²) in [6.07, 6.45) is 5.88. The minimum Gasteiger partial charge on any atom is -0.381 e. The van der Waals surface area contributed by atoms with Gasteiger partial charge >= 0.3 is 0 Å². The molecule has 1 aliphatic rings. The highest BCUT2D eigenvalue weighted by Gasteiger charge is 2.24. The first-order valence-electron chi connectivity index (χ1n) is 6.70. The molecule has 1 aromatic rings. The number of nitrogens with zero attached hydrogens (tertiary/aromatic N) is 2. The van der Waals surface area contributed by atoms with E-state index in [4.69, 9.17) is 5.73 Å². The number of nitrogens with two attached hydrogens (primary N) is 1. The van der Waals surface area contributed by atoms with Crippen molar-refractivity contribution in [2.45, 2.75) is 43.9 Å². The van der Waals surface area contributed by atoms with E-state index in [-0.39, 0.29) is 10.7 Å². The Balaban J connectivity index is 2.01. The SMILES string of the molecule is Cc1c(S(=O)(=O)NCCC2CCCC2)c(N)nn1C. The molecule has 1 saturated carbocycles. The van der Waals surface area contributed by atoms with Gasteiger partial charge in [-0.15, -0.1) is 0 Å². The molecule has 0 unspecified atom stereocenters. The van der Waals surface area contributed by atoms with Crippen molar-refractivity contribution in [2.75, 3.05) is 12.3 Å². The Labute approximate surface area is 114 Å². The molecule has 7 heteroatoms. The lowest BCUT2D eigenvalue weighted by Gasteiger charge is -2.10. The summed E-state index contributed by atoms with van der Waals surface area (Å²) in [6, 6.07) is 0. The molecule has 0 atom stereocenters. The fourth-order valence-electron chi connectivity index (χ4n) is 2.72. The van der Waals surface area contributed by atoms with Gasteiger partial charge in [0.15, 0.2) is 5.82 Å². The van der Waals surface area contributed by atoms with E-state index < -0.39 is 10.0 Å². The van der Waals surface area contributed by atoms with Crippen LogP contribution < -0.4 is 10.5 Å². The molecule has 0 saturated heterocycles. The number of aryl methyl sites for hydroxylation is 1. The fraction of sp³-hybridized carbons (Fsp3) is 0.750. The molecule has 19 heavy (non-hydrogen) atoms. The summed E-state index contributed by atoms with van der Waals surface area (Å²) in [5, 5.41) is 3.94. The molecule has 0 aromatic carbocycles. The lowest BCUT2D eigenvalue weighted by Crippen LogP contribution is -2.27. The number of hydrogen-bond donors (Lipinski definition) is 2. The Morgan fingerprint density at radius 2 is 2.05 bits per heavy atom. The molecule has 0 amide bonds. The van der Waals surface area contributed by atoms with E-state index >= 15 is 0 Å². The summed E-state index contributed by atoms with van der Waals surface area (Å²) in [6.45, 7) is 2.18. The van der Waals surface area contributed by atoms with Crippen molar-refractivity contribution in [1.82, 2.24) is 14.5 Å². The smallest absolute Gasteiger partial charge is 0.246 e. The highest BCUT2D eigenvalue weighted by Crippen LogP contribution is 2.27. The topological polar surface area (TPSA) is 90.0 Å². The monoisotopic (exact) mass is 286 g/mol. The van der Waals surface area contributed by atoms with E-state index in [0.29, 0.717) is 18.2 Å². The van der Waals surface area contributed by atoms with Crippen molar-refractivity contribution in [3.05, 3.63) is 5.69 Å². The molecule has 0 aliphatic heterocycles. The molecule has 0 spiro atoms. The van der Waals surface area contributed by atoms with E-state index in [1.165, 1.54) is 30.4 Å². The van der Waals surface area contributed by atoms with Gasteiger partial charge in [-0.2, -0.15) is 5.10 Å². The lowest BCUT2D eigenvalue weighted by molar-refractivity contribution is 0.495. The van der Waals surface area contributed by atoms with Gasteiger partial charge in [-0.25, -0.2) is 13.1 Å². The zero-order chi connectivity index (χ0) is 14.0. The summed E-state index contributed by atoms with van der Waals surface area (Å²) in [4.78, 5) is 0.112. The van der Waals surface area contributed by atoms with E-state index in [9.17, 15) is 8.42 Å². The van der Waals surface area contributed by atoms with Crippen molar-refractivity contribution in [2.24, 2.45) is 13.0 Å². The van der Waals surface area contributed by atoms with Crippen LogP contribution in [0.2, 0.25) is 0 Å². The van der Waals surface area contributed by atoms with Crippen molar-refractivity contribution < 1.29 is 8.42 Å². The van der Waals surface area contributed by atoms with Crippen molar-refractivity contribution in [1.29, 1.82) is 0 Å². The van der Waals surface area contributed by atoms with Crippen molar-refractivity contribution >= 4 is 15.8 Å². The zero-order valence-electron chi connectivity index (χ0n) is 11.5. The highest BCUT2D eigenvalue weighted by atomic mass is 32.2. The van der Waals surface area contributed by atoms with Gasteiger partial charge in [0.2, 0.25) is 10.0 Å². The van der Waals surface area contributed by atoms with Gasteiger partial charge in [0.05, 0.1) is 5.69 Å². The van der Waals surface area contributed by atoms with Crippen LogP contribution in [0.1, 0.15) is 37.8 Å². The number of sulfonamides is 1. The van der Waals surface area contributed by atoms with Crippen LogP contribution in [-0.2, 0) is 17.1 Å². The van der Waals surface area contributed by atoms with Gasteiger partial charge in [-0.3, -0.25) is 4.68 Å². The summed E-state index contributed by atoms with van der Waals surface area (Å²) in [7, 11) is -1.87. The first-order chi connectivity index (χ1) is 8.92. The van der Waals surface area contributed by atoms with Crippen LogP contribution in [0.4, 0.5) is 5.82 Å². The number of rotatable bonds is 5. The second kappa shape index (κ2) is 5.50. The molecule has 108 valence electrons. The quantitative estimate of drug-likeness (QED) is 0.850. The van der Waals surface area contributed by atoms with Crippen molar-refractivity contribution in [3.8, 4) is 0 Å². The first kappa shape index (κ1) is 14.3. The number of nitrogen functional groups attached to an aromatic ring is 1. The molecule has 3 N–H and O–H groups in total. The minimum absolute atomic E-state index is 0.0633. The van der Waals surface area contributed by atoms with Gasteiger partial charge in [-0.1, -0.05) is 25.7 Å². The molecule has 1 fully saturated rings. The molecular formula is C12H22N4O2S. The van der Waals surface area contributed by atoms with Crippen LogP contribution in [0.3, 0.4) is 0 Å². The molecule has 1 aliphatic carbocycles. The summed E-state index contributed by atoms with van der Waals surface area (Å²) in [5.41, 5.74) is 6.23. The second-order valence-corrected chi connectivity index (χ2v) is 6.96. The van der Waals surface area contributed by atoms with E-state index in [1.54, 1.807) is 14.0 Å². The van der Waals surface area contributed by atoms with Gasteiger partial charge in [0.25, 0.3) is 0 Å². The predicted octanol–water partition coefficient (Wildman–Crippen LogP) is 1.17. The standard InChI is InChI=1S/C12H22N4O2S/c1-9-11(12(13)15-16(9)2)19(17,18)14-8-7-10-5-3-4-6-10/h10,14H,3-8H2,1-2H3,(H2,13,15). The zero-order valence-corrected chi connectivity index (χ0v) is 12.3. The van der Waals surface area contributed by atoms with Crippen LogP contribution >= 0.6 is 0 Å². The van der Waals surface area contributed by atoms with Gasteiger partial charge in [0.1, 0.15) is 4.90 Å². The van der Waals surface area contributed by atoms with Gasteiger partial charge < -0.3 is 5.73 Å². The molecule has 0 radical (unpaired) electrons. The Hall–Kier alpha value is -1.08. The van der Waals surface area contributed by atoms with Crippen LogP contribution in [0, 0.1) is 12.8 Å². The van der Waals surface area contributed by atoms with Crippen molar-refractivity contribution in [3.63, 3.8) is 0 Å². The number of anilines is 1. The lowest BCUT2D eigenvalue weighted by atomic mass is 10.1.